The summed E-state index contributed by atoms with van der Waals surface area (Å²) < 4.78 is 0. The van der Waals surface area contributed by atoms with Gasteiger partial charge in [-0.2, -0.15) is 0 Å². The van der Waals surface area contributed by atoms with Crippen molar-refractivity contribution in [3.63, 3.8) is 0 Å². The molecular formula is C29H40N4O2. The molecule has 188 valence electrons. The molecule has 0 spiro atoms. The summed E-state index contributed by atoms with van der Waals surface area (Å²) in [5.41, 5.74) is 2.15. The van der Waals surface area contributed by atoms with Gasteiger partial charge in [-0.25, -0.2) is 0 Å². The lowest BCUT2D eigenvalue weighted by atomic mass is 9.92. The Hall–Kier alpha value is -2.70. The van der Waals surface area contributed by atoms with Crippen LogP contribution in [0.1, 0.15) is 44.4 Å². The molecule has 6 nitrogen and oxygen atoms in total. The summed E-state index contributed by atoms with van der Waals surface area (Å²) in [6.45, 7) is 11.9. The third kappa shape index (κ3) is 6.71. The van der Waals surface area contributed by atoms with Gasteiger partial charge in [0, 0.05) is 39.3 Å². The summed E-state index contributed by atoms with van der Waals surface area (Å²) in [6.07, 6.45) is 1.21. The van der Waals surface area contributed by atoms with E-state index >= 15 is 0 Å². The molecule has 0 saturated carbocycles. The third-order valence-corrected chi connectivity index (χ3v) is 7.47. The zero-order valence-electron chi connectivity index (χ0n) is 21.4. The van der Waals surface area contributed by atoms with Crippen LogP contribution in [0.25, 0.3) is 0 Å². The van der Waals surface area contributed by atoms with Gasteiger partial charge < -0.3 is 10.2 Å². The number of benzene rings is 2. The molecule has 6 heteroatoms. The summed E-state index contributed by atoms with van der Waals surface area (Å²) >= 11 is 0. The lowest BCUT2D eigenvalue weighted by molar-refractivity contribution is -0.136. The largest absolute Gasteiger partial charge is 0.344 e. The molecule has 2 aliphatic rings. The van der Waals surface area contributed by atoms with Crippen LogP contribution in [0.5, 0.6) is 0 Å². The summed E-state index contributed by atoms with van der Waals surface area (Å²) in [5.74, 6) is 1.43. The van der Waals surface area contributed by atoms with E-state index in [1.807, 2.05) is 43.3 Å². The fourth-order valence-corrected chi connectivity index (χ4v) is 5.55. The number of piperidine rings is 1. The maximum Gasteiger partial charge on any atom is 0.237 e. The number of carbonyl (C=O) groups is 2. The van der Waals surface area contributed by atoms with Gasteiger partial charge in [0.15, 0.2) is 0 Å². The number of nitrogens with zero attached hydrogens (tertiary/aromatic N) is 3. The summed E-state index contributed by atoms with van der Waals surface area (Å²) in [4.78, 5) is 32.7. The molecule has 3 atom stereocenters. The third-order valence-electron chi connectivity index (χ3n) is 7.47. The molecule has 2 amide bonds. The predicted molar refractivity (Wildman–Crippen MR) is 140 cm³/mol. The van der Waals surface area contributed by atoms with E-state index in [1.54, 1.807) is 0 Å². The molecule has 0 aromatic heterocycles. The van der Waals surface area contributed by atoms with E-state index in [2.05, 4.69) is 58.1 Å². The van der Waals surface area contributed by atoms with Gasteiger partial charge in [-0.15, -0.1) is 0 Å². The minimum Gasteiger partial charge on any atom is -0.344 e. The Morgan fingerprint density at radius 1 is 0.857 bits per heavy atom. The number of carbonyl (C=O) groups excluding carboxylic acids is 2. The number of amides is 2. The number of nitrogens with one attached hydrogen (secondary N) is 1. The van der Waals surface area contributed by atoms with Crippen LogP contribution in [0.15, 0.2) is 60.7 Å². The highest BCUT2D eigenvalue weighted by Gasteiger charge is 2.30. The minimum absolute atomic E-state index is 0.0310. The molecule has 2 aromatic carbocycles. The van der Waals surface area contributed by atoms with E-state index in [0.717, 1.165) is 50.4 Å². The van der Waals surface area contributed by atoms with Crippen LogP contribution in [-0.4, -0.2) is 78.4 Å². The molecule has 2 heterocycles. The first-order valence-corrected chi connectivity index (χ1v) is 13.0. The smallest absolute Gasteiger partial charge is 0.237 e. The highest BCUT2D eigenvalue weighted by Crippen LogP contribution is 2.23. The van der Waals surface area contributed by atoms with Crippen molar-refractivity contribution >= 4 is 11.8 Å². The van der Waals surface area contributed by atoms with Crippen molar-refractivity contribution < 1.29 is 9.59 Å². The maximum absolute atomic E-state index is 13.3. The van der Waals surface area contributed by atoms with E-state index in [1.165, 1.54) is 6.42 Å². The first-order valence-electron chi connectivity index (χ1n) is 13.0. The monoisotopic (exact) mass is 476 g/mol. The van der Waals surface area contributed by atoms with Crippen LogP contribution < -0.4 is 5.32 Å². The van der Waals surface area contributed by atoms with Crippen LogP contribution in [0, 0.1) is 11.8 Å². The van der Waals surface area contributed by atoms with Crippen molar-refractivity contribution in [2.45, 2.75) is 39.3 Å². The molecule has 35 heavy (non-hydrogen) atoms. The van der Waals surface area contributed by atoms with Crippen molar-refractivity contribution in [3.05, 3.63) is 71.8 Å². The number of hydrogen-bond acceptors (Lipinski definition) is 4. The lowest BCUT2D eigenvalue weighted by Gasteiger charge is -2.39. The quantitative estimate of drug-likeness (QED) is 0.666. The van der Waals surface area contributed by atoms with Crippen LogP contribution in [0.4, 0.5) is 0 Å². The van der Waals surface area contributed by atoms with Gasteiger partial charge in [0.2, 0.25) is 11.8 Å². The van der Waals surface area contributed by atoms with Crippen LogP contribution in [0.2, 0.25) is 0 Å². The first-order chi connectivity index (χ1) is 16.9. The zero-order chi connectivity index (χ0) is 24.8. The molecule has 2 saturated heterocycles. The van der Waals surface area contributed by atoms with E-state index < -0.39 is 0 Å². The normalized spacial score (nSPS) is 22.7. The maximum atomic E-state index is 13.3. The predicted octanol–water partition coefficient (Wildman–Crippen LogP) is 3.40. The Morgan fingerprint density at radius 2 is 1.37 bits per heavy atom. The molecule has 0 radical (unpaired) electrons. The van der Waals surface area contributed by atoms with Crippen molar-refractivity contribution in [2.24, 2.45) is 11.8 Å². The average molecular weight is 477 g/mol. The standard InChI is InChI=1S/C29H40N4O2/c1-22-18-23(2)20-33(19-22)27(34)21-31-14-16-32(17-15-31)24(3)29(35)30-28(25-10-6-4-7-11-25)26-12-8-5-9-13-26/h4-13,22-24,28H,14-21H2,1-3H3,(H,30,35)/t22-,23-,24+/m1/s1. The van der Waals surface area contributed by atoms with Crippen LogP contribution in [-0.2, 0) is 9.59 Å². The highest BCUT2D eigenvalue weighted by molar-refractivity contribution is 5.82. The molecule has 2 aliphatic heterocycles. The van der Waals surface area contributed by atoms with Crippen LogP contribution in [0.3, 0.4) is 0 Å². The number of hydrogen-bond donors (Lipinski definition) is 1. The van der Waals surface area contributed by atoms with Gasteiger partial charge in [-0.05, 0) is 36.3 Å². The Labute approximate surface area is 210 Å². The molecular weight excluding hydrogens is 436 g/mol. The number of rotatable bonds is 7. The zero-order valence-corrected chi connectivity index (χ0v) is 21.4. The summed E-state index contributed by atoms with van der Waals surface area (Å²) in [5, 5.41) is 3.29. The van der Waals surface area contributed by atoms with Gasteiger partial charge in [0.05, 0.1) is 18.6 Å². The fraction of sp³-hybridized carbons (Fsp3) is 0.517. The van der Waals surface area contributed by atoms with Gasteiger partial charge in [-0.1, -0.05) is 74.5 Å². The second-order valence-corrected chi connectivity index (χ2v) is 10.5. The van der Waals surface area contributed by atoms with Crippen molar-refractivity contribution in [3.8, 4) is 0 Å². The SMILES string of the molecule is C[C@@H]1C[C@@H](C)CN(C(=O)CN2CCN([C@@H](C)C(=O)NC(c3ccccc3)c3ccccc3)CC2)C1. The second kappa shape index (κ2) is 11.8. The Balaban J connectivity index is 1.31. The van der Waals surface area contributed by atoms with E-state index in [9.17, 15) is 9.59 Å². The molecule has 2 aromatic rings. The summed E-state index contributed by atoms with van der Waals surface area (Å²) in [7, 11) is 0. The molecule has 0 aliphatic carbocycles. The van der Waals surface area contributed by atoms with E-state index in [0.29, 0.717) is 18.4 Å². The van der Waals surface area contributed by atoms with E-state index in [4.69, 9.17) is 0 Å². The van der Waals surface area contributed by atoms with Crippen LogP contribution >= 0.6 is 0 Å². The molecule has 4 rings (SSSR count). The van der Waals surface area contributed by atoms with Crippen molar-refractivity contribution in [1.29, 1.82) is 0 Å². The van der Waals surface area contributed by atoms with Gasteiger partial charge in [-0.3, -0.25) is 19.4 Å². The minimum atomic E-state index is -0.230. The summed E-state index contributed by atoms with van der Waals surface area (Å²) in [6, 6.07) is 19.8. The topological polar surface area (TPSA) is 55.9 Å². The molecule has 2 fully saturated rings. The molecule has 0 bridgehead atoms. The van der Waals surface area contributed by atoms with E-state index in [-0.39, 0.29) is 23.9 Å². The number of likely N-dealkylation sites (tertiary alicyclic amines) is 1. The molecule has 1 N–H and O–H groups in total. The average Bonchev–Trinajstić information content (AvgIpc) is 2.87. The van der Waals surface area contributed by atoms with Gasteiger partial charge in [0.25, 0.3) is 0 Å². The number of piperazine rings is 1. The Morgan fingerprint density at radius 3 is 1.89 bits per heavy atom. The van der Waals surface area contributed by atoms with Gasteiger partial charge >= 0.3 is 0 Å². The Bertz CT molecular complexity index is 910. The van der Waals surface area contributed by atoms with Gasteiger partial charge in [0.1, 0.15) is 0 Å². The molecule has 0 unspecified atom stereocenters. The van der Waals surface area contributed by atoms with Crippen molar-refractivity contribution in [1.82, 2.24) is 20.0 Å². The lowest BCUT2D eigenvalue weighted by Crippen LogP contribution is -2.56. The Kier molecular flexibility index (Phi) is 8.58. The second-order valence-electron chi connectivity index (χ2n) is 10.5. The first kappa shape index (κ1) is 25.4. The fourth-order valence-electron chi connectivity index (χ4n) is 5.55. The van der Waals surface area contributed by atoms with Crippen molar-refractivity contribution in [2.75, 3.05) is 45.8 Å². The highest BCUT2D eigenvalue weighted by atomic mass is 16.2.